The van der Waals surface area contributed by atoms with Crippen molar-refractivity contribution in [2.24, 2.45) is 0 Å². The molecule has 1 saturated heterocycles. The van der Waals surface area contributed by atoms with Crippen LogP contribution in [0.1, 0.15) is 54.8 Å². The van der Waals surface area contributed by atoms with Crippen molar-refractivity contribution in [2.75, 3.05) is 29.1 Å². The van der Waals surface area contributed by atoms with Gasteiger partial charge in [0.1, 0.15) is 10.7 Å². The normalized spacial score (nSPS) is 16.1. The molecule has 0 atom stereocenters. The van der Waals surface area contributed by atoms with Crippen LogP contribution in [-0.4, -0.2) is 34.7 Å². The van der Waals surface area contributed by atoms with E-state index in [1.165, 1.54) is 36.1 Å². The number of thiophene rings is 1. The summed E-state index contributed by atoms with van der Waals surface area (Å²) in [5, 5.41) is 3.91. The molecule has 8 heteroatoms. The number of H-pyrrole nitrogens is 1. The molecule has 2 aromatic heterocycles. The smallest absolute Gasteiger partial charge is 0.259 e. The van der Waals surface area contributed by atoms with Gasteiger partial charge in [-0.3, -0.25) is 9.59 Å². The van der Waals surface area contributed by atoms with Crippen molar-refractivity contribution >= 4 is 50.6 Å². The molecule has 2 aliphatic rings. The number of para-hydroxylation sites is 2. The largest absolute Gasteiger partial charge is 0.370 e. The molecule has 1 aromatic carbocycles. The molecule has 0 bridgehead atoms. The van der Waals surface area contributed by atoms with Gasteiger partial charge < -0.3 is 15.2 Å². The van der Waals surface area contributed by atoms with Gasteiger partial charge in [0.25, 0.3) is 5.56 Å². The van der Waals surface area contributed by atoms with E-state index in [9.17, 15) is 9.59 Å². The Labute approximate surface area is 202 Å². The second-order valence-electron chi connectivity index (χ2n) is 8.82. The number of rotatable bonds is 7. The molecule has 174 valence electrons. The molecule has 3 aromatic rings. The summed E-state index contributed by atoms with van der Waals surface area (Å²) in [6.07, 6.45) is 8.59. The molecule has 0 spiro atoms. The molecule has 1 fully saturated rings. The van der Waals surface area contributed by atoms with Crippen molar-refractivity contribution in [3.8, 4) is 0 Å². The Balaban J connectivity index is 1.15. The van der Waals surface area contributed by atoms with Crippen LogP contribution in [0.25, 0.3) is 10.2 Å². The van der Waals surface area contributed by atoms with Crippen molar-refractivity contribution in [3.05, 3.63) is 50.9 Å². The molecule has 6 nitrogen and oxygen atoms in total. The second-order valence-corrected chi connectivity index (χ2v) is 11.0. The molecule has 0 saturated carbocycles. The van der Waals surface area contributed by atoms with E-state index in [2.05, 4.69) is 21.3 Å². The van der Waals surface area contributed by atoms with E-state index >= 15 is 0 Å². The van der Waals surface area contributed by atoms with Crippen LogP contribution in [0.4, 0.5) is 11.4 Å². The number of hydrogen-bond donors (Lipinski definition) is 2. The summed E-state index contributed by atoms with van der Waals surface area (Å²) in [6.45, 7) is 2.09. The zero-order chi connectivity index (χ0) is 22.6. The maximum atomic E-state index is 12.6. The molecule has 5 rings (SSSR count). The average molecular weight is 483 g/mol. The third kappa shape index (κ3) is 5.11. The van der Waals surface area contributed by atoms with Crippen LogP contribution >= 0.6 is 23.1 Å². The molecule has 2 N–H and O–H groups in total. The topological polar surface area (TPSA) is 78.1 Å². The molecule has 33 heavy (non-hydrogen) atoms. The van der Waals surface area contributed by atoms with Crippen LogP contribution in [0.15, 0.2) is 29.1 Å². The first-order valence-electron chi connectivity index (χ1n) is 11.9. The third-order valence-corrected chi connectivity index (χ3v) is 8.62. The van der Waals surface area contributed by atoms with E-state index in [1.54, 1.807) is 23.1 Å². The number of nitrogens with zero attached hydrogens (tertiary/aromatic N) is 2. The van der Waals surface area contributed by atoms with E-state index in [0.29, 0.717) is 23.8 Å². The SMILES string of the molecule is O=C(CCSCc1nc2sc3c(c2c(=O)[nH]1)CCC3)Nc1ccccc1N1CCCCCC1. The summed E-state index contributed by atoms with van der Waals surface area (Å²) in [7, 11) is 0. The lowest BCUT2D eigenvalue weighted by molar-refractivity contribution is -0.115. The minimum atomic E-state index is -0.0159. The summed E-state index contributed by atoms with van der Waals surface area (Å²) in [4.78, 5) is 37.4. The maximum absolute atomic E-state index is 12.6. The van der Waals surface area contributed by atoms with Crippen LogP contribution in [0.5, 0.6) is 0 Å². The molecule has 1 aliphatic heterocycles. The lowest BCUT2D eigenvalue weighted by Crippen LogP contribution is -2.25. The van der Waals surface area contributed by atoms with E-state index in [-0.39, 0.29) is 11.5 Å². The van der Waals surface area contributed by atoms with Gasteiger partial charge in [0.05, 0.1) is 22.5 Å². The second kappa shape index (κ2) is 10.3. The lowest BCUT2D eigenvalue weighted by Gasteiger charge is -2.25. The fraction of sp³-hybridized carbons (Fsp3) is 0.480. The first-order valence-corrected chi connectivity index (χ1v) is 13.9. The van der Waals surface area contributed by atoms with Gasteiger partial charge in [-0.1, -0.05) is 25.0 Å². The van der Waals surface area contributed by atoms with Crippen LogP contribution in [0.2, 0.25) is 0 Å². The summed E-state index contributed by atoms with van der Waals surface area (Å²) in [5.41, 5.74) is 3.22. The number of fused-ring (bicyclic) bond motifs is 3. The van der Waals surface area contributed by atoms with Gasteiger partial charge in [-0.15, -0.1) is 11.3 Å². The Hall–Kier alpha value is -2.32. The quantitative estimate of drug-likeness (QED) is 0.457. The van der Waals surface area contributed by atoms with Gasteiger partial charge in [-0.05, 0) is 49.8 Å². The Morgan fingerprint density at radius 2 is 1.94 bits per heavy atom. The van der Waals surface area contributed by atoms with Gasteiger partial charge in [0.15, 0.2) is 0 Å². The van der Waals surface area contributed by atoms with Crippen LogP contribution in [0, 0.1) is 0 Å². The minimum absolute atomic E-state index is 0.0159. The number of nitrogens with one attached hydrogen (secondary N) is 2. The van der Waals surface area contributed by atoms with Gasteiger partial charge in [0.2, 0.25) is 5.91 Å². The summed E-state index contributed by atoms with van der Waals surface area (Å²) in [5.74, 6) is 2.01. The van der Waals surface area contributed by atoms with Gasteiger partial charge in [-0.25, -0.2) is 4.98 Å². The zero-order valence-electron chi connectivity index (χ0n) is 18.8. The number of anilines is 2. The van der Waals surface area contributed by atoms with Crippen molar-refractivity contribution in [1.82, 2.24) is 9.97 Å². The van der Waals surface area contributed by atoms with Crippen molar-refractivity contribution in [1.29, 1.82) is 0 Å². The van der Waals surface area contributed by atoms with Crippen molar-refractivity contribution in [2.45, 2.75) is 57.1 Å². The highest BCUT2D eigenvalue weighted by atomic mass is 32.2. The van der Waals surface area contributed by atoms with Crippen molar-refractivity contribution in [3.63, 3.8) is 0 Å². The Bertz CT molecular complexity index is 1190. The minimum Gasteiger partial charge on any atom is -0.370 e. The standard InChI is InChI=1S/C25H30N4O2S2/c30-22(26-18-9-3-4-10-19(18)29-13-5-1-2-6-14-29)12-15-32-16-21-27-24(31)23-17-8-7-11-20(17)33-25(23)28-21/h3-4,9-10H,1-2,5-8,11-16H2,(H,26,30)(H,27,28,31). The summed E-state index contributed by atoms with van der Waals surface area (Å²) in [6, 6.07) is 8.12. The van der Waals surface area contributed by atoms with E-state index in [4.69, 9.17) is 4.98 Å². The highest BCUT2D eigenvalue weighted by Crippen LogP contribution is 2.34. The molecular formula is C25H30N4O2S2. The number of carbonyl (C=O) groups is 1. The van der Waals surface area contributed by atoms with Crippen LogP contribution in [-0.2, 0) is 23.4 Å². The maximum Gasteiger partial charge on any atom is 0.259 e. The monoisotopic (exact) mass is 482 g/mol. The molecule has 0 unspecified atom stereocenters. The van der Waals surface area contributed by atoms with Gasteiger partial charge in [0, 0.05) is 30.1 Å². The first-order chi connectivity index (χ1) is 16.2. The summed E-state index contributed by atoms with van der Waals surface area (Å²) >= 11 is 3.29. The highest BCUT2D eigenvalue weighted by Gasteiger charge is 2.21. The number of carbonyl (C=O) groups excluding carboxylic acids is 1. The van der Waals surface area contributed by atoms with Crippen molar-refractivity contribution < 1.29 is 4.79 Å². The number of benzene rings is 1. The fourth-order valence-corrected chi connectivity index (χ4v) is 6.91. The average Bonchev–Trinajstić information content (AvgIpc) is 3.28. The van der Waals surface area contributed by atoms with Crippen LogP contribution < -0.4 is 15.8 Å². The third-order valence-electron chi connectivity index (χ3n) is 6.46. The Kier molecular flexibility index (Phi) is 7.02. The number of hydrogen-bond acceptors (Lipinski definition) is 6. The summed E-state index contributed by atoms with van der Waals surface area (Å²) < 4.78 is 0. The number of aryl methyl sites for hydroxylation is 2. The molecule has 0 radical (unpaired) electrons. The first kappa shape index (κ1) is 22.5. The number of aromatic nitrogens is 2. The number of amides is 1. The molecular weight excluding hydrogens is 452 g/mol. The fourth-order valence-electron chi connectivity index (χ4n) is 4.83. The van der Waals surface area contributed by atoms with Gasteiger partial charge >= 0.3 is 0 Å². The number of aromatic amines is 1. The van der Waals surface area contributed by atoms with E-state index in [0.717, 1.165) is 53.9 Å². The highest BCUT2D eigenvalue weighted by molar-refractivity contribution is 7.98. The van der Waals surface area contributed by atoms with E-state index < -0.39 is 0 Å². The van der Waals surface area contributed by atoms with Crippen LogP contribution in [0.3, 0.4) is 0 Å². The van der Waals surface area contributed by atoms with E-state index in [1.807, 2.05) is 18.2 Å². The zero-order valence-corrected chi connectivity index (χ0v) is 20.5. The Morgan fingerprint density at radius 3 is 2.79 bits per heavy atom. The van der Waals surface area contributed by atoms with Gasteiger partial charge in [-0.2, -0.15) is 11.8 Å². The molecule has 3 heterocycles. The lowest BCUT2D eigenvalue weighted by atomic mass is 10.2. The molecule has 1 aliphatic carbocycles. The number of thioether (sulfide) groups is 1. The predicted octanol–water partition coefficient (Wildman–Crippen LogP) is 5.12. The predicted molar refractivity (Wildman–Crippen MR) is 139 cm³/mol. The molecule has 1 amide bonds. The Morgan fingerprint density at radius 1 is 1.12 bits per heavy atom.